The van der Waals surface area contributed by atoms with Gasteiger partial charge in [0.1, 0.15) is 11.4 Å². The second-order valence-electron chi connectivity index (χ2n) is 6.71. The summed E-state index contributed by atoms with van der Waals surface area (Å²) in [4.78, 5) is 25.9. The van der Waals surface area contributed by atoms with Gasteiger partial charge < -0.3 is 20.5 Å². The summed E-state index contributed by atoms with van der Waals surface area (Å²) in [5, 5.41) is 17.0. The number of hydrogen-bond acceptors (Lipinski definition) is 6. The minimum atomic E-state index is -0.349. The number of phenolic OH excluding ortho intramolecular Hbond substituents is 1. The fourth-order valence-corrected chi connectivity index (χ4v) is 4.00. The third-order valence-electron chi connectivity index (χ3n) is 5.28. The average molecular weight is 336 g/mol. The number of ketones is 2. The first-order valence-electron chi connectivity index (χ1n) is 8.32. The number of aromatic hydroxyl groups is 1. The highest BCUT2D eigenvalue weighted by Gasteiger charge is 2.42. The number of carbonyl (C=O) groups excluding carboxylic acids is 2. The third-order valence-corrected chi connectivity index (χ3v) is 5.28. The second-order valence-corrected chi connectivity index (χ2v) is 6.71. The van der Waals surface area contributed by atoms with Crippen LogP contribution in [-0.4, -0.2) is 35.5 Å². The molecule has 3 aliphatic rings. The minimum Gasteiger partial charge on any atom is -0.507 e. The summed E-state index contributed by atoms with van der Waals surface area (Å²) in [5.41, 5.74) is 2.16. The van der Waals surface area contributed by atoms with Crippen LogP contribution in [-0.2, 0) is 4.74 Å². The van der Waals surface area contributed by atoms with Gasteiger partial charge in [0.25, 0.3) is 0 Å². The van der Waals surface area contributed by atoms with Gasteiger partial charge in [0.05, 0.1) is 35.7 Å². The molecule has 1 aliphatic carbocycles. The Morgan fingerprint density at radius 3 is 2.48 bits per heavy atom. The van der Waals surface area contributed by atoms with Gasteiger partial charge in [0, 0.05) is 24.0 Å². The lowest BCUT2D eigenvalue weighted by Crippen LogP contribution is -2.46. The molecule has 2 aromatic rings. The lowest BCUT2D eigenvalue weighted by Gasteiger charge is -2.34. The number of rotatable bonds is 0. The topological polar surface area (TPSA) is 87.7 Å². The lowest BCUT2D eigenvalue weighted by atomic mass is 9.82. The molecule has 1 fully saturated rings. The van der Waals surface area contributed by atoms with E-state index >= 15 is 0 Å². The highest BCUT2D eigenvalue weighted by atomic mass is 16.5. The summed E-state index contributed by atoms with van der Waals surface area (Å²) in [5.74, 6) is -0.721. The van der Waals surface area contributed by atoms with Gasteiger partial charge in [-0.25, -0.2) is 0 Å². The van der Waals surface area contributed by atoms with Crippen LogP contribution in [0.25, 0.3) is 0 Å². The molecule has 0 unspecified atom stereocenters. The van der Waals surface area contributed by atoms with Crippen LogP contribution < -0.4 is 10.6 Å². The highest BCUT2D eigenvalue weighted by Crippen LogP contribution is 2.45. The molecule has 0 radical (unpaired) electrons. The van der Waals surface area contributed by atoms with E-state index in [0.29, 0.717) is 30.0 Å². The summed E-state index contributed by atoms with van der Waals surface area (Å²) in [6.45, 7) is 1.26. The first-order valence-corrected chi connectivity index (χ1v) is 8.32. The second kappa shape index (κ2) is 4.83. The molecule has 3 N–H and O–H groups in total. The number of nitrogens with one attached hydrogen (secondary N) is 2. The molecule has 2 aromatic carbocycles. The van der Waals surface area contributed by atoms with Crippen LogP contribution >= 0.6 is 0 Å². The van der Waals surface area contributed by atoms with Crippen molar-refractivity contribution in [2.24, 2.45) is 0 Å². The summed E-state index contributed by atoms with van der Waals surface area (Å²) >= 11 is 0. The number of benzene rings is 2. The Bertz CT molecular complexity index is 945. The van der Waals surface area contributed by atoms with Crippen molar-refractivity contribution >= 4 is 22.9 Å². The van der Waals surface area contributed by atoms with Gasteiger partial charge >= 0.3 is 0 Å². The molecule has 0 atom stereocenters. The van der Waals surface area contributed by atoms with E-state index in [-0.39, 0.29) is 34.1 Å². The molecule has 0 amide bonds. The third kappa shape index (κ3) is 1.88. The smallest absolute Gasteiger partial charge is 0.200 e. The summed E-state index contributed by atoms with van der Waals surface area (Å²) in [7, 11) is 0. The zero-order valence-corrected chi connectivity index (χ0v) is 13.4. The zero-order valence-electron chi connectivity index (χ0n) is 13.4. The molecule has 6 nitrogen and oxygen atoms in total. The van der Waals surface area contributed by atoms with Crippen LogP contribution in [0.5, 0.6) is 5.75 Å². The van der Waals surface area contributed by atoms with Crippen molar-refractivity contribution in [1.82, 2.24) is 0 Å². The van der Waals surface area contributed by atoms with Crippen molar-refractivity contribution in [1.29, 1.82) is 0 Å². The summed E-state index contributed by atoms with van der Waals surface area (Å²) in [6, 6.07) is 8.12. The number of ether oxygens (including phenoxy) is 1. The molecule has 6 heteroatoms. The standard InChI is InChI=1S/C19H16N2O4/c22-13-3-1-2-10-14(13)18(24)15-11(17(10)23)4-5-12-16(15)21-19(20-12)6-8-25-9-7-19/h1-5,20-22H,6-9H2. The van der Waals surface area contributed by atoms with Crippen LogP contribution in [0.2, 0.25) is 0 Å². The quantitative estimate of drug-likeness (QED) is 0.585. The van der Waals surface area contributed by atoms with Crippen LogP contribution in [0.1, 0.15) is 44.7 Å². The number of anilines is 2. The number of phenols is 1. The summed E-state index contributed by atoms with van der Waals surface area (Å²) in [6.07, 6.45) is 1.53. The molecule has 0 saturated carbocycles. The zero-order chi connectivity index (χ0) is 17.2. The molecule has 1 saturated heterocycles. The van der Waals surface area contributed by atoms with E-state index in [4.69, 9.17) is 4.74 Å². The van der Waals surface area contributed by atoms with E-state index in [1.165, 1.54) is 6.07 Å². The van der Waals surface area contributed by atoms with Crippen molar-refractivity contribution in [3.05, 3.63) is 52.6 Å². The first-order chi connectivity index (χ1) is 12.1. The Morgan fingerprint density at radius 1 is 0.920 bits per heavy atom. The molecule has 2 heterocycles. The molecule has 0 aromatic heterocycles. The van der Waals surface area contributed by atoms with Gasteiger partial charge in [-0.2, -0.15) is 0 Å². The first kappa shape index (κ1) is 14.5. The molecule has 5 rings (SSSR count). The van der Waals surface area contributed by atoms with Crippen LogP contribution in [0, 0.1) is 0 Å². The fourth-order valence-electron chi connectivity index (χ4n) is 4.00. The van der Waals surface area contributed by atoms with E-state index in [1.807, 2.05) is 6.07 Å². The summed E-state index contributed by atoms with van der Waals surface area (Å²) < 4.78 is 5.43. The molecule has 0 bridgehead atoms. The van der Waals surface area contributed by atoms with Crippen LogP contribution in [0.3, 0.4) is 0 Å². The Labute approximate surface area is 143 Å². The van der Waals surface area contributed by atoms with Crippen molar-refractivity contribution in [2.45, 2.75) is 18.5 Å². The average Bonchev–Trinajstić information content (AvgIpc) is 2.96. The van der Waals surface area contributed by atoms with E-state index in [9.17, 15) is 14.7 Å². The molecular weight excluding hydrogens is 320 g/mol. The van der Waals surface area contributed by atoms with Crippen molar-refractivity contribution in [2.75, 3.05) is 23.8 Å². The molecule has 2 aliphatic heterocycles. The maximum absolute atomic E-state index is 13.1. The van der Waals surface area contributed by atoms with Gasteiger partial charge in [-0.05, 0) is 18.2 Å². The van der Waals surface area contributed by atoms with Crippen molar-refractivity contribution in [3.63, 3.8) is 0 Å². The normalized spacial score (nSPS) is 19.7. The van der Waals surface area contributed by atoms with Gasteiger partial charge in [-0.1, -0.05) is 12.1 Å². The van der Waals surface area contributed by atoms with Crippen molar-refractivity contribution in [3.8, 4) is 5.75 Å². The Balaban J connectivity index is 1.68. The van der Waals surface area contributed by atoms with Crippen LogP contribution in [0.15, 0.2) is 30.3 Å². The predicted molar refractivity (Wildman–Crippen MR) is 91.4 cm³/mol. The Morgan fingerprint density at radius 2 is 1.68 bits per heavy atom. The maximum atomic E-state index is 13.1. The monoisotopic (exact) mass is 336 g/mol. The maximum Gasteiger partial charge on any atom is 0.200 e. The van der Waals surface area contributed by atoms with E-state index in [2.05, 4.69) is 10.6 Å². The van der Waals surface area contributed by atoms with Gasteiger partial charge in [-0.15, -0.1) is 0 Å². The van der Waals surface area contributed by atoms with E-state index < -0.39 is 0 Å². The number of hydrogen-bond donors (Lipinski definition) is 3. The van der Waals surface area contributed by atoms with E-state index in [0.717, 1.165) is 18.5 Å². The predicted octanol–water partition coefficient (Wildman–Crippen LogP) is 2.51. The molecule has 25 heavy (non-hydrogen) atoms. The molecule has 126 valence electrons. The minimum absolute atomic E-state index is 0.0862. The van der Waals surface area contributed by atoms with Gasteiger partial charge in [0.15, 0.2) is 11.6 Å². The van der Waals surface area contributed by atoms with Crippen molar-refractivity contribution < 1.29 is 19.4 Å². The largest absolute Gasteiger partial charge is 0.507 e. The lowest BCUT2D eigenvalue weighted by molar-refractivity contribution is 0.0696. The SMILES string of the molecule is O=C1c2cccc(O)c2C(=O)c2c1ccc1c2NC2(CCOCC2)N1. The number of carbonyl (C=O) groups is 2. The van der Waals surface area contributed by atoms with Crippen LogP contribution in [0.4, 0.5) is 11.4 Å². The van der Waals surface area contributed by atoms with Gasteiger partial charge in [-0.3, -0.25) is 9.59 Å². The Hall–Kier alpha value is -2.86. The number of fused-ring (bicyclic) bond motifs is 4. The molecular formula is C19H16N2O4. The highest BCUT2D eigenvalue weighted by molar-refractivity contribution is 6.31. The van der Waals surface area contributed by atoms with E-state index in [1.54, 1.807) is 18.2 Å². The fraction of sp³-hybridized carbons (Fsp3) is 0.263. The Kier molecular flexibility index (Phi) is 2.80. The molecule has 1 spiro atoms. The van der Waals surface area contributed by atoms with Gasteiger partial charge in [0.2, 0.25) is 0 Å².